The zero-order valence-electron chi connectivity index (χ0n) is 19.0. The van der Waals surface area contributed by atoms with Crippen LogP contribution in [0.4, 0.5) is 29.1 Å². The molecule has 0 saturated heterocycles. The van der Waals surface area contributed by atoms with Gasteiger partial charge >= 0.3 is 6.18 Å². The molecule has 0 spiro atoms. The average Bonchev–Trinajstić information content (AvgIpc) is 3.37. The summed E-state index contributed by atoms with van der Waals surface area (Å²) >= 11 is 0. The molecule has 0 amide bonds. The van der Waals surface area contributed by atoms with Crippen molar-refractivity contribution in [3.8, 4) is 17.1 Å². The number of para-hydroxylation sites is 1. The molecule has 0 aliphatic heterocycles. The highest BCUT2D eigenvalue weighted by atomic mass is 19.4. The molecule has 0 aliphatic carbocycles. The first-order valence-electron chi connectivity index (χ1n) is 10.7. The number of hydrogen-bond donors (Lipinski definition) is 1. The van der Waals surface area contributed by atoms with E-state index in [1.54, 1.807) is 36.1 Å². The Morgan fingerprint density at radius 3 is 2.46 bits per heavy atom. The first-order valence-corrected chi connectivity index (χ1v) is 10.7. The molecule has 5 rings (SSSR count). The second kappa shape index (κ2) is 8.23. The van der Waals surface area contributed by atoms with Crippen molar-refractivity contribution in [2.45, 2.75) is 20.0 Å². The number of imidazole rings is 2. The number of hydrogen-bond acceptors (Lipinski definition) is 4. The smallest absolute Gasteiger partial charge is 0.338 e. The highest BCUT2D eigenvalue weighted by Gasteiger charge is 2.32. The van der Waals surface area contributed by atoms with Crippen LogP contribution in [0.1, 0.15) is 17.0 Å². The van der Waals surface area contributed by atoms with E-state index in [0.717, 1.165) is 35.3 Å². The highest BCUT2D eigenvalue weighted by molar-refractivity contribution is 5.92. The van der Waals surface area contributed by atoms with Crippen molar-refractivity contribution < 1.29 is 17.6 Å². The quantitative estimate of drug-likeness (QED) is 0.305. The van der Waals surface area contributed by atoms with Gasteiger partial charge in [0, 0.05) is 13.2 Å². The number of anilines is 2. The summed E-state index contributed by atoms with van der Waals surface area (Å²) in [6.45, 7) is 3.79. The Hall–Kier alpha value is -4.21. The van der Waals surface area contributed by atoms with Crippen LogP contribution >= 0.6 is 0 Å². The van der Waals surface area contributed by atoms with E-state index in [0.29, 0.717) is 22.5 Å². The standard InChI is InChI=1S/C25H20F4N6/c1-14-12-35(13-30-14)20-9-10-22(31-15(20)2)32-19-5-4-6-21-23(19)33-24(34(21)3)17-11-16(25(27,28)29)7-8-18(17)26/h4-13H,1-3H3,(H,31,32). The Morgan fingerprint density at radius 1 is 0.971 bits per heavy atom. The minimum absolute atomic E-state index is 0.0906. The predicted octanol–water partition coefficient (Wildman–Crippen LogP) is 6.34. The molecule has 3 aromatic heterocycles. The second-order valence-corrected chi connectivity index (χ2v) is 8.21. The molecule has 0 saturated carbocycles. The van der Waals surface area contributed by atoms with Crippen LogP contribution in [0.2, 0.25) is 0 Å². The van der Waals surface area contributed by atoms with Gasteiger partial charge in [-0.25, -0.2) is 19.3 Å². The van der Waals surface area contributed by atoms with Crippen LogP contribution in [-0.4, -0.2) is 24.1 Å². The number of nitrogens with one attached hydrogen (secondary N) is 1. The van der Waals surface area contributed by atoms with Crippen molar-refractivity contribution in [1.29, 1.82) is 0 Å². The van der Waals surface area contributed by atoms with E-state index in [1.165, 1.54) is 0 Å². The largest absolute Gasteiger partial charge is 0.416 e. The summed E-state index contributed by atoms with van der Waals surface area (Å²) in [6.07, 6.45) is -0.972. The summed E-state index contributed by atoms with van der Waals surface area (Å²) in [4.78, 5) is 13.4. The Morgan fingerprint density at radius 2 is 1.77 bits per heavy atom. The van der Waals surface area contributed by atoms with Gasteiger partial charge in [-0.2, -0.15) is 13.2 Å². The molecule has 3 heterocycles. The summed E-state index contributed by atoms with van der Waals surface area (Å²) in [6, 6.07) is 11.4. The van der Waals surface area contributed by atoms with Gasteiger partial charge in [0.25, 0.3) is 0 Å². The van der Waals surface area contributed by atoms with Crippen LogP contribution in [0, 0.1) is 19.7 Å². The first kappa shape index (κ1) is 22.6. The second-order valence-electron chi connectivity index (χ2n) is 8.21. The van der Waals surface area contributed by atoms with Crippen LogP contribution in [0.3, 0.4) is 0 Å². The number of benzene rings is 2. The van der Waals surface area contributed by atoms with E-state index < -0.39 is 17.6 Å². The topological polar surface area (TPSA) is 60.6 Å². The zero-order chi connectivity index (χ0) is 24.9. The van der Waals surface area contributed by atoms with Gasteiger partial charge in [0.15, 0.2) is 0 Å². The van der Waals surface area contributed by atoms with Crippen LogP contribution in [-0.2, 0) is 13.2 Å². The van der Waals surface area contributed by atoms with Crippen LogP contribution < -0.4 is 5.32 Å². The van der Waals surface area contributed by atoms with Crippen molar-refractivity contribution in [2.24, 2.45) is 7.05 Å². The lowest BCUT2D eigenvalue weighted by molar-refractivity contribution is -0.137. The summed E-state index contributed by atoms with van der Waals surface area (Å²) in [7, 11) is 1.64. The van der Waals surface area contributed by atoms with Gasteiger partial charge in [0.05, 0.1) is 45.7 Å². The fourth-order valence-electron chi connectivity index (χ4n) is 4.02. The van der Waals surface area contributed by atoms with Crippen molar-refractivity contribution >= 4 is 22.5 Å². The van der Waals surface area contributed by atoms with Crippen LogP contribution in [0.5, 0.6) is 0 Å². The molecule has 35 heavy (non-hydrogen) atoms. The number of alkyl halides is 3. The summed E-state index contributed by atoms with van der Waals surface area (Å²) < 4.78 is 57.7. The Labute approximate surface area is 197 Å². The lowest BCUT2D eigenvalue weighted by atomic mass is 10.1. The SMILES string of the molecule is Cc1cn(-c2ccc(Nc3cccc4c3nc(-c3cc(C(F)(F)F)ccc3F)n4C)nc2C)cn1. The maximum atomic E-state index is 14.6. The molecule has 0 aliphatic rings. The van der Waals surface area contributed by atoms with Crippen LogP contribution in [0.25, 0.3) is 28.1 Å². The normalized spacial score (nSPS) is 11.9. The van der Waals surface area contributed by atoms with Gasteiger partial charge < -0.3 is 14.5 Å². The minimum atomic E-state index is -4.59. The summed E-state index contributed by atoms with van der Waals surface area (Å²) in [5.74, 6) is -0.130. The molecule has 178 valence electrons. The average molecular weight is 480 g/mol. The molecule has 6 nitrogen and oxygen atoms in total. The number of rotatable bonds is 4. The monoisotopic (exact) mass is 480 g/mol. The van der Waals surface area contributed by atoms with Crippen molar-refractivity contribution in [2.75, 3.05) is 5.32 Å². The molecule has 0 radical (unpaired) electrons. The van der Waals surface area contributed by atoms with E-state index in [1.807, 2.05) is 36.7 Å². The number of nitrogens with zero attached hydrogens (tertiary/aromatic N) is 5. The van der Waals surface area contributed by atoms with E-state index in [2.05, 4.69) is 20.3 Å². The van der Waals surface area contributed by atoms with Crippen molar-refractivity contribution in [3.05, 3.63) is 83.8 Å². The van der Waals surface area contributed by atoms with E-state index in [-0.39, 0.29) is 11.4 Å². The first-order chi connectivity index (χ1) is 16.6. The van der Waals surface area contributed by atoms with Gasteiger partial charge in [-0.05, 0) is 56.3 Å². The highest BCUT2D eigenvalue weighted by Crippen LogP contribution is 2.35. The van der Waals surface area contributed by atoms with Gasteiger partial charge in [0.2, 0.25) is 0 Å². The molecule has 0 atom stereocenters. The fraction of sp³-hybridized carbons (Fsp3) is 0.160. The maximum Gasteiger partial charge on any atom is 0.416 e. The third-order valence-electron chi connectivity index (χ3n) is 5.76. The van der Waals surface area contributed by atoms with Crippen molar-refractivity contribution in [1.82, 2.24) is 24.1 Å². The Bertz CT molecular complexity index is 1560. The number of aromatic nitrogens is 5. The summed E-state index contributed by atoms with van der Waals surface area (Å²) in [5, 5.41) is 3.23. The molecule has 0 bridgehead atoms. The molecule has 1 N–H and O–H groups in total. The minimum Gasteiger partial charge on any atom is -0.338 e. The molecule has 0 fully saturated rings. The zero-order valence-corrected chi connectivity index (χ0v) is 19.0. The lowest BCUT2D eigenvalue weighted by Gasteiger charge is -2.10. The predicted molar refractivity (Wildman–Crippen MR) is 125 cm³/mol. The van der Waals surface area contributed by atoms with E-state index in [9.17, 15) is 17.6 Å². The lowest BCUT2D eigenvalue weighted by Crippen LogP contribution is -2.06. The number of halogens is 4. The Kier molecular flexibility index (Phi) is 5.31. The molecular weight excluding hydrogens is 460 g/mol. The fourth-order valence-corrected chi connectivity index (χ4v) is 4.02. The molecule has 2 aromatic carbocycles. The number of aryl methyl sites for hydroxylation is 3. The third kappa shape index (κ3) is 4.11. The molecule has 0 unspecified atom stereocenters. The van der Waals surface area contributed by atoms with E-state index >= 15 is 0 Å². The molecule has 10 heteroatoms. The van der Waals surface area contributed by atoms with Crippen LogP contribution in [0.15, 0.2) is 61.1 Å². The van der Waals surface area contributed by atoms with E-state index in [4.69, 9.17) is 0 Å². The maximum absolute atomic E-state index is 14.6. The van der Waals surface area contributed by atoms with Gasteiger partial charge in [-0.3, -0.25) is 0 Å². The van der Waals surface area contributed by atoms with Gasteiger partial charge in [-0.15, -0.1) is 0 Å². The number of pyridine rings is 1. The molecule has 5 aromatic rings. The molecular formula is C25H20F4N6. The number of fused-ring (bicyclic) bond motifs is 1. The Balaban J connectivity index is 1.54. The summed E-state index contributed by atoms with van der Waals surface area (Å²) in [5.41, 5.74) is 3.09. The third-order valence-corrected chi connectivity index (χ3v) is 5.76. The van der Waals surface area contributed by atoms with Crippen molar-refractivity contribution in [3.63, 3.8) is 0 Å². The van der Waals surface area contributed by atoms with Gasteiger partial charge in [0.1, 0.15) is 23.0 Å². The van der Waals surface area contributed by atoms with Gasteiger partial charge in [-0.1, -0.05) is 6.07 Å².